The first-order valence-corrected chi connectivity index (χ1v) is 7.47. The lowest BCUT2D eigenvalue weighted by molar-refractivity contribution is -0.131. The third-order valence-corrected chi connectivity index (χ3v) is 3.70. The summed E-state index contributed by atoms with van der Waals surface area (Å²) in [6, 6.07) is 0. The molecule has 0 heterocycles. The second-order valence-electron chi connectivity index (χ2n) is 7.11. The molecule has 0 radical (unpaired) electrons. The molecule has 2 aliphatic carbocycles. The van der Waals surface area contributed by atoms with E-state index in [9.17, 15) is 4.79 Å². The Morgan fingerprint density at radius 3 is 2.00 bits per heavy atom. The second kappa shape index (κ2) is 5.60. The van der Waals surface area contributed by atoms with Crippen LogP contribution in [0.2, 0.25) is 0 Å². The van der Waals surface area contributed by atoms with Crippen LogP contribution in [0.3, 0.4) is 0 Å². The molecule has 2 fully saturated rings. The van der Waals surface area contributed by atoms with Crippen LogP contribution < -0.4 is 5.32 Å². The molecule has 0 unspecified atom stereocenters. The van der Waals surface area contributed by atoms with Crippen molar-refractivity contribution in [3.8, 4) is 0 Å². The molecule has 1 amide bonds. The largest absolute Gasteiger partial charge is 0.342 e. The van der Waals surface area contributed by atoms with Gasteiger partial charge in [0.15, 0.2) is 0 Å². The zero-order valence-electron chi connectivity index (χ0n) is 12.2. The van der Waals surface area contributed by atoms with E-state index >= 15 is 0 Å². The van der Waals surface area contributed by atoms with Crippen LogP contribution in [-0.4, -0.2) is 36.0 Å². The van der Waals surface area contributed by atoms with E-state index in [1.807, 2.05) is 0 Å². The molecule has 0 atom stereocenters. The van der Waals surface area contributed by atoms with Crippen LogP contribution in [0.1, 0.15) is 52.9 Å². The molecule has 0 saturated heterocycles. The zero-order valence-corrected chi connectivity index (χ0v) is 12.2. The highest BCUT2D eigenvalue weighted by atomic mass is 16.2. The number of nitrogens with zero attached hydrogens (tertiary/aromatic N) is 1. The van der Waals surface area contributed by atoms with Gasteiger partial charge in [-0.2, -0.15) is 0 Å². The number of nitrogens with one attached hydrogen (secondary N) is 1. The van der Waals surface area contributed by atoms with Gasteiger partial charge in [-0.1, -0.05) is 0 Å². The summed E-state index contributed by atoms with van der Waals surface area (Å²) in [5, 5.41) is 3.40. The Morgan fingerprint density at radius 1 is 1.11 bits per heavy atom. The van der Waals surface area contributed by atoms with Gasteiger partial charge in [-0.05, 0) is 58.3 Å². The maximum Gasteiger partial charge on any atom is 0.223 e. The highest BCUT2D eigenvalue weighted by Gasteiger charge is 2.31. The summed E-state index contributed by atoms with van der Waals surface area (Å²) in [6.07, 6.45) is 5.96. The van der Waals surface area contributed by atoms with E-state index < -0.39 is 0 Å². The standard InChI is InChI=1S/C15H28N2O/c1-15(2,3)16-9-8-14(18)17(10-12-4-5-12)11-13-6-7-13/h12-13,16H,4-11H2,1-3H3. The van der Waals surface area contributed by atoms with Crippen molar-refractivity contribution in [1.29, 1.82) is 0 Å². The van der Waals surface area contributed by atoms with Crippen LogP contribution >= 0.6 is 0 Å². The molecule has 2 rings (SSSR count). The summed E-state index contributed by atoms with van der Waals surface area (Å²) in [4.78, 5) is 14.4. The summed E-state index contributed by atoms with van der Waals surface area (Å²) < 4.78 is 0. The lowest BCUT2D eigenvalue weighted by atomic mass is 10.1. The molecule has 2 aliphatic rings. The molecule has 0 bridgehead atoms. The number of carbonyl (C=O) groups is 1. The molecule has 0 aromatic carbocycles. The molecule has 104 valence electrons. The van der Waals surface area contributed by atoms with Crippen molar-refractivity contribution < 1.29 is 4.79 Å². The van der Waals surface area contributed by atoms with Crippen molar-refractivity contribution in [3.05, 3.63) is 0 Å². The third-order valence-electron chi connectivity index (χ3n) is 3.70. The molecule has 18 heavy (non-hydrogen) atoms. The first-order valence-electron chi connectivity index (χ1n) is 7.47. The van der Waals surface area contributed by atoms with Gasteiger partial charge in [-0.25, -0.2) is 0 Å². The van der Waals surface area contributed by atoms with E-state index in [0.717, 1.165) is 31.5 Å². The molecular weight excluding hydrogens is 224 g/mol. The van der Waals surface area contributed by atoms with E-state index in [1.54, 1.807) is 0 Å². The number of hydrogen-bond donors (Lipinski definition) is 1. The topological polar surface area (TPSA) is 32.3 Å². The minimum Gasteiger partial charge on any atom is -0.342 e. The van der Waals surface area contributed by atoms with Gasteiger partial charge in [0.1, 0.15) is 0 Å². The minimum atomic E-state index is 0.109. The summed E-state index contributed by atoms with van der Waals surface area (Å²) in [7, 11) is 0. The van der Waals surface area contributed by atoms with E-state index in [-0.39, 0.29) is 5.54 Å². The maximum atomic E-state index is 12.2. The SMILES string of the molecule is CC(C)(C)NCCC(=O)N(CC1CC1)CC1CC1. The highest BCUT2D eigenvalue weighted by Crippen LogP contribution is 2.33. The van der Waals surface area contributed by atoms with Crippen molar-refractivity contribution in [3.63, 3.8) is 0 Å². The predicted octanol–water partition coefficient (Wildman–Crippen LogP) is 2.41. The molecule has 0 aliphatic heterocycles. The van der Waals surface area contributed by atoms with Crippen LogP contribution in [-0.2, 0) is 4.79 Å². The molecule has 3 nitrogen and oxygen atoms in total. The Balaban J connectivity index is 1.71. The van der Waals surface area contributed by atoms with Gasteiger partial charge in [0.2, 0.25) is 5.91 Å². The fourth-order valence-corrected chi connectivity index (χ4v) is 2.20. The van der Waals surface area contributed by atoms with Gasteiger partial charge in [0.25, 0.3) is 0 Å². The maximum absolute atomic E-state index is 12.2. The number of carbonyl (C=O) groups excluding carboxylic acids is 1. The summed E-state index contributed by atoms with van der Waals surface area (Å²) in [5.41, 5.74) is 0.109. The monoisotopic (exact) mass is 252 g/mol. The molecule has 0 aromatic rings. The van der Waals surface area contributed by atoms with Gasteiger partial charge in [0.05, 0.1) is 0 Å². The van der Waals surface area contributed by atoms with Crippen molar-refractivity contribution in [1.82, 2.24) is 10.2 Å². The Hall–Kier alpha value is -0.570. The lowest BCUT2D eigenvalue weighted by Crippen LogP contribution is -2.40. The zero-order chi connectivity index (χ0) is 13.2. The van der Waals surface area contributed by atoms with Gasteiger partial charge in [0, 0.05) is 31.6 Å². The van der Waals surface area contributed by atoms with Gasteiger partial charge < -0.3 is 10.2 Å². The first kappa shape index (κ1) is 13.9. The highest BCUT2D eigenvalue weighted by molar-refractivity contribution is 5.76. The normalized spacial score (nSPS) is 19.9. The number of rotatable bonds is 7. The van der Waals surface area contributed by atoms with Gasteiger partial charge in [-0.3, -0.25) is 4.79 Å². The van der Waals surface area contributed by atoms with Crippen molar-refractivity contribution in [2.24, 2.45) is 11.8 Å². The second-order valence-corrected chi connectivity index (χ2v) is 7.11. The van der Waals surface area contributed by atoms with Crippen LogP contribution in [0.4, 0.5) is 0 Å². The Morgan fingerprint density at radius 2 is 1.61 bits per heavy atom. The third kappa shape index (κ3) is 5.38. The van der Waals surface area contributed by atoms with Crippen LogP contribution in [0.15, 0.2) is 0 Å². The molecule has 2 saturated carbocycles. The van der Waals surface area contributed by atoms with Crippen LogP contribution in [0.5, 0.6) is 0 Å². The minimum absolute atomic E-state index is 0.109. The number of hydrogen-bond acceptors (Lipinski definition) is 2. The molecular formula is C15H28N2O. The fourth-order valence-electron chi connectivity index (χ4n) is 2.20. The number of amides is 1. The molecule has 0 aromatic heterocycles. The molecule has 3 heteroatoms. The average Bonchev–Trinajstić information content (AvgIpc) is 3.08. The smallest absolute Gasteiger partial charge is 0.223 e. The van der Waals surface area contributed by atoms with E-state index in [2.05, 4.69) is 31.0 Å². The van der Waals surface area contributed by atoms with E-state index in [4.69, 9.17) is 0 Å². The Kier molecular flexibility index (Phi) is 4.31. The summed E-state index contributed by atoms with van der Waals surface area (Å²) in [6.45, 7) is 9.26. The first-order chi connectivity index (χ1) is 8.44. The lowest BCUT2D eigenvalue weighted by Gasteiger charge is -2.25. The van der Waals surface area contributed by atoms with Crippen LogP contribution in [0.25, 0.3) is 0 Å². The Bertz CT molecular complexity index is 273. The van der Waals surface area contributed by atoms with Crippen molar-refractivity contribution in [2.75, 3.05) is 19.6 Å². The fraction of sp³-hybridized carbons (Fsp3) is 0.933. The van der Waals surface area contributed by atoms with E-state index in [1.165, 1.54) is 25.7 Å². The summed E-state index contributed by atoms with van der Waals surface area (Å²) >= 11 is 0. The van der Waals surface area contributed by atoms with Crippen molar-refractivity contribution in [2.45, 2.75) is 58.4 Å². The summed E-state index contributed by atoms with van der Waals surface area (Å²) in [5.74, 6) is 1.97. The predicted molar refractivity (Wildman–Crippen MR) is 74.4 cm³/mol. The average molecular weight is 252 g/mol. The van der Waals surface area contributed by atoms with Gasteiger partial charge >= 0.3 is 0 Å². The van der Waals surface area contributed by atoms with Crippen LogP contribution in [0, 0.1) is 11.8 Å². The van der Waals surface area contributed by atoms with E-state index in [0.29, 0.717) is 12.3 Å². The molecule has 1 N–H and O–H groups in total. The quantitative estimate of drug-likeness (QED) is 0.754. The molecule has 0 spiro atoms. The van der Waals surface area contributed by atoms with Gasteiger partial charge in [-0.15, -0.1) is 0 Å². The van der Waals surface area contributed by atoms with Crippen molar-refractivity contribution >= 4 is 5.91 Å². The Labute approximate surface area is 111 Å².